The lowest BCUT2D eigenvalue weighted by Crippen LogP contribution is -2.49. The molecular formula is C20H22BrClF2N4O. The molecule has 9 heteroatoms. The van der Waals surface area contributed by atoms with Crippen LogP contribution in [0.3, 0.4) is 0 Å². The molecule has 1 saturated heterocycles. The molecule has 1 amide bonds. The predicted molar refractivity (Wildman–Crippen MR) is 110 cm³/mol. The van der Waals surface area contributed by atoms with Gasteiger partial charge in [0, 0.05) is 43.1 Å². The van der Waals surface area contributed by atoms with E-state index in [9.17, 15) is 13.6 Å². The Labute approximate surface area is 181 Å². The number of alkyl halides is 2. The van der Waals surface area contributed by atoms with Crippen molar-refractivity contribution < 1.29 is 13.6 Å². The number of carbonyl (C=O) groups excluding carboxylic acids is 1. The Morgan fingerprint density at radius 3 is 2.52 bits per heavy atom. The molecule has 0 radical (unpaired) electrons. The SMILES string of the molecule is O=C(Cn1nc(C(F)F)c(Cl)c1C1CC1)N1CCN(Cc2ccccc2Br)CC1. The standard InChI is InChI=1S/C20H22BrClF2N4O/c21-15-4-2-1-3-14(15)11-26-7-9-27(10-8-26)16(29)12-28-19(13-5-6-13)17(22)18(25-28)20(23)24/h1-4,13,20H,5-12H2. The maximum absolute atomic E-state index is 13.2. The van der Waals surface area contributed by atoms with Crippen molar-refractivity contribution >= 4 is 33.4 Å². The number of hydrogen-bond acceptors (Lipinski definition) is 3. The van der Waals surface area contributed by atoms with Crippen molar-refractivity contribution in [2.24, 2.45) is 0 Å². The minimum Gasteiger partial charge on any atom is -0.339 e. The Bertz CT molecular complexity index is 895. The second kappa shape index (κ2) is 8.70. The van der Waals surface area contributed by atoms with E-state index in [1.165, 1.54) is 10.2 Å². The van der Waals surface area contributed by atoms with E-state index >= 15 is 0 Å². The quantitative estimate of drug-likeness (QED) is 0.604. The molecule has 5 nitrogen and oxygen atoms in total. The first-order valence-corrected chi connectivity index (χ1v) is 10.9. The van der Waals surface area contributed by atoms with Gasteiger partial charge < -0.3 is 4.90 Å². The molecule has 29 heavy (non-hydrogen) atoms. The second-order valence-corrected chi connectivity index (χ2v) is 8.80. The maximum Gasteiger partial charge on any atom is 0.283 e. The van der Waals surface area contributed by atoms with Crippen LogP contribution in [0.4, 0.5) is 8.78 Å². The van der Waals surface area contributed by atoms with Crippen LogP contribution in [-0.4, -0.2) is 51.7 Å². The fourth-order valence-corrected chi connectivity index (χ4v) is 4.51. The van der Waals surface area contributed by atoms with Gasteiger partial charge in [0.05, 0.1) is 10.7 Å². The van der Waals surface area contributed by atoms with Gasteiger partial charge >= 0.3 is 0 Å². The molecule has 1 aromatic carbocycles. The third kappa shape index (κ3) is 4.64. The molecule has 1 aliphatic heterocycles. The first-order chi connectivity index (χ1) is 13.9. The van der Waals surface area contributed by atoms with Crippen molar-refractivity contribution in [2.75, 3.05) is 26.2 Å². The highest BCUT2D eigenvalue weighted by Crippen LogP contribution is 2.45. The maximum atomic E-state index is 13.2. The molecule has 1 aromatic heterocycles. The molecule has 0 unspecified atom stereocenters. The highest BCUT2D eigenvalue weighted by atomic mass is 79.9. The van der Waals surface area contributed by atoms with Crippen LogP contribution in [0.25, 0.3) is 0 Å². The first kappa shape index (κ1) is 20.8. The van der Waals surface area contributed by atoms with Crippen molar-refractivity contribution in [3.05, 3.63) is 50.7 Å². The Hall–Kier alpha value is -1.51. The van der Waals surface area contributed by atoms with Crippen molar-refractivity contribution in [1.29, 1.82) is 0 Å². The van der Waals surface area contributed by atoms with E-state index in [1.807, 2.05) is 18.2 Å². The third-order valence-corrected chi connectivity index (χ3v) is 6.65. The van der Waals surface area contributed by atoms with Gasteiger partial charge in [-0.25, -0.2) is 8.78 Å². The summed E-state index contributed by atoms with van der Waals surface area (Å²) in [6.45, 7) is 3.54. The van der Waals surface area contributed by atoms with Crippen LogP contribution in [0.5, 0.6) is 0 Å². The lowest BCUT2D eigenvalue weighted by Gasteiger charge is -2.35. The van der Waals surface area contributed by atoms with Gasteiger partial charge in [-0.15, -0.1) is 0 Å². The van der Waals surface area contributed by atoms with E-state index in [0.717, 1.165) is 36.9 Å². The summed E-state index contributed by atoms with van der Waals surface area (Å²) in [7, 11) is 0. The van der Waals surface area contributed by atoms with Gasteiger partial charge in [0.25, 0.3) is 6.43 Å². The van der Waals surface area contributed by atoms with Crippen LogP contribution in [0.1, 0.15) is 42.1 Å². The number of piperazine rings is 1. The summed E-state index contributed by atoms with van der Waals surface area (Å²) in [5, 5.41) is 3.98. The summed E-state index contributed by atoms with van der Waals surface area (Å²) in [5.41, 5.74) is 1.38. The first-order valence-electron chi connectivity index (χ1n) is 9.72. The average molecular weight is 488 g/mol. The van der Waals surface area contributed by atoms with Crippen molar-refractivity contribution in [3.63, 3.8) is 0 Å². The molecule has 1 aliphatic carbocycles. The Balaban J connectivity index is 1.37. The molecule has 2 aromatic rings. The highest BCUT2D eigenvalue weighted by Gasteiger charge is 2.35. The average Bonchev–Trinajstić information content (AvgIpc) is 3.47. The lowest BCUT2D eigenvalue weighted by atomic mass is 10.2. The Kier molecular flexibility index (Phi) is 6.22. The second-order valence-electron chi connectivity index (χ2n) is 7.57. The minimum absolute atomic E-state index is 0.0218. The molecular weight excluding hydrogens is 466 g/mol. The summed E-state index contributed by atoms with van der Waals surface area (Å²) in [6.07, 6.45) is -0.941. The molecule has 156 valence electrons. The van der Waals surface area contributed by atoms with Crippen LogP contribution in [0.2, 0.25) is 5.02 Å². The largest absolute Gasteiger partial charge is 0.339 e. The number of carbonyl (C=O) groups is 1. The number of amides is 1. The van der Waals surface area contributed by atoms with Crippen molar-refractivity contribution in [3.8, 4) is 0 Å². The fraction of sp³-hybridized carbons (Fsp3) is 0.500. The van der Waals surface area contributed by atoms with Gasteiger partial charge in [-0.3, -0.25) is 14.4 Å². The van der Waals surface area contributed by atoms with Crippen LogP contribution < -0.4 is 0 Å². The number of aromatic nitrogens is 2. The summed E-state index contributed by atoms with van der Waals surface area (Å²) in [6, 6.07) is 8.11. The molecule has 0 atom stereocenters. The Morgan fingerprint density at radius 2 is 1.90 bits per heavy atom. The lowest BCUT2D eigenvalue weighted by molar-refractivity contribution is -0.133. The van der Waals surface area contributed by atoms with E-state index < -0.39 is 12.1 Å². The Morgan fingerprint density at radius 1 is 1.21 bits per heavy atom. The van der Waals surface area contributed by atoms with Gasteiger partial charge in [0.15, 0.2) is 0 Å². The van der Waals surface area contributed by atoms with E-state index in [-0.39, 0.29) is 23.4 Å². The molecule has 4 rings (SSSR count). The van der Waals surface area contributed by atoms with Gasteiger partial charge in [-0.1, -0.05) is 45.7 Å². The monoisotopic (exact) mass is 486 g/mol. The number of rotatable bonds is 6. The van der Waals surface area contributed by atoms with E-state index in [0.29, 0.717) is 18.8 Å². The summed E-state index contributed by atoms with van der Waals surface area (Å²) in [4.78, 5) is 16.9. The topological polar surface area (TPSA) is 41.4 Å². The summed E-state index contributed by atoms with van der Waals surface area (Å²) >= 11 is 9.71. The van der Waals surface area contributed by atoms with E-state index in [4.69, 9.17) is 11.6 Å². The highest BCUT2D eigenvalue weighted by molar-refractivity contribution is 9.10. The van der Waals surface area contributed by atoms with Crippen LogP contribution in [-0.2, 0) is 17.9 Å². The number of benzene rings is 1. The molecule has 1 saturated carbocycles. The van der Waals surface area contributed by atoms with E-state index in [1.54, 1.807) is 4.90 Å². The zero-order chi connectivity index (χ0) is 20.5. The normalized spacial score (nSPS) is 17.9. The molecule has 0 N–H and O–H groups in total. The molecule has 0 bridgehead atoms. The summed E-state index contributed by atoms with van der Waals surface area (Å²) < 4.78 is 28.8. The van der Waals surface area contributed by atoms with Crippen molar-refractivity contribution in [2.45, 2.75) is 38.3 Å². The zero-order valence-electron chi connectivity index (χ0n) is 15.8. The zero-order valence-corrected chi connectivity index (χ0v) is 18.2. The molecule has 2 aliphatic rings. The van der Waals surface area contributed by atoms with Gasteiger partial charge in [0.2, 0.25) is 5.91 Å². The molecule has 2 fully saturated rings. The van der Waals surface area contributed by atoms with Crippen LogP contribution >= 0.6 is 27.5 Å². The van der Waals surface area contributed by atoms with Gasteiger partial charge in [-0.05, 0) is 24.5 Å². The van der Waals surface area contributed by atoms with Gasteiger partial charge in [-0.2, -0.15) is 5.10 Å². The number of hydrogen-bond donors (Lipinski definition) is 0. The van der Waals surface area contributed by atoms with Crippen LogP contribution in [0.15, 0.2) is 28.7 Å². The summed E-state index contributed by atoms with van der Waals surface area (Å²) in [5.74, 6) is 0.0314. The third-order valence-electron chi connectivity index (χ3n) is 5.49. The van der Waals surface area contributed by atoms with Crippen LogP contribution in [0, 0.1) is 0 Å². The number of nitrogens with zero attached hydrogens (tertiary/aromatic N) is 4. The van der Waals surface area contributed by atoms with E-state index in [2.05, 4.69) is 32.0 Å². The predicted octanol–water partition coefficient (Wildman–Crippen LogP) is 4.46. The minimum atomic E-state index is -2.74. The van der Waals surface area contributed by atoms with Gasteiger partial charge in [0.1, 0.15) is 12.2 Å². The fourth-order valence-electron chi connectivity index (χ4n) is 3.73. The smallest absolute Gasteiger partial charge is 0.283 e. The van der Waals surface area contributed by atoms with Crippen molar-refractivity contribution in [1.82, 2.24) is 19.6 Å². The molecule has 2 heterocycles. The molecule has 0 spiro atoms. The number of halogens is 4.